The summed E-state index contributed by atoms with van der Waals surface area (Å²) in [5.41, 5.74) is 7.51. The lowest BCUT2D eigenvalue weighted by atomic mass is 10.1. The molecule has 1 aromatic carbocycles. The highest BCUT2D eigenvalue weighted by Crippen LogP contribution is 2.03. The highest BCUT2D eigenvalue weighted by molar-refractivity contribution is 5.15. The Morgan fingerprint density at radius 2 is 1.72 bits per heavy atom. The highest BCUT2D eigenvalue weighted by atomic mass is 15.1. The molecule has 0 saturated heterocycles. The van der Waals surface area contributed by atoms with Crippen molar-refractivity contribution in [2.45, 2.75) is 18.9 Å². The fraction of sp³-hybridized carbons (Fsp3) is 0.600. The van der Waals surface area contributed by atoms with Crippen LogP contribution in [0.1, 0.15) is 12.0 Å². The van der Waals surface area contributed by atoms with E-state index in [2.05, 4.69) is 55.2 Å². The monoisotopic (exact) mass is 249 g/mol. The van der Waals surface area contributed by atoms with Crippen molar-refractivity contribution in [2.24, 2.45) is 5.73 Å². The molecule has 18 heavy (non-hydrogen) atoms. The van der Waals surface area contributed by atoms with E-state index in [4.69, 9.17) is 5.73 Å². The number of rotatable bonds is 8. The lowest BCUT2D eigenvalue weighted by Crippen LogP contribution is -2.37. The SMILES string of the molecule is CN(C)CCCN(C)C[C@H](N)Cc1ccccc1. The van der Waals surface area contributed by atoms with Crippen molar-refractivity contribution in [1.29, 1.82) is 0 Å². The molecule has 0 heterocycles. The Bertz CT molecular complexity index is 311. The average molecular weight is 249 g/mol. The van der Waals surface area contributed by atoms with Crippen molar-refractivity contribution in [1.82, 2.24) is 9.80 Å². The van der Waals surface area contributed by atoms with Crippen LogP contribution in [0.4, 0.5) is 0 Å². The minimum atomic E-state index is 0.219. The first-order valence-electron chi connectivity index (χ1n) is 6.70. The molecule has 3 heteroatoms. The molecule has 0 aliphatic heterocycles. The van der Waals surface area contributed by atoms with E-state index in [0.717, 1.165) is 26.1 Å². The largest absolute Gasteiger partial charge is 0.326 e. The van der Waals surface area contributed by atoms with Crippen molar-refractivity contribution in [3.63, 3.8) is 0 Å². The molecule has 0 aromatic heterocycles. The molecule has 3 nitrogen and oxygen atoms in total. The first-order chi connectivity index (χ1) is 8.58. The van der Waals surface area contributed by atoms with Crippen molar-refractivity contribution >= 4 is 0 Å². The van der Waals surface area contributed by atoms with Gasteiger partial charge in [0.15, 0.2) is 0 Å². The Labute approximate surface area is 112 Å². The van der Waals surface area contributed by atoms with Crippen LogP contribution in [0.25, 0.3) is 0 Å². The second kappa shape index (κ2) is 8.25. The maximum atomic E-state index is 6.19. The molecule has 0 unspecified atom stereocenters. The van der Waals surface area contributed by atoms with Gasteiger partial charge in [0.2, 0.25) is 0 Å². The van der Waals surface area contributed by atoms with Gasteiger partial charge >= 0.3 is 0 Å². The minimum absolute atomic E-state index is 0.219. The number of nitrogens with two attached hydrogens (primary N) is 1. The zero-order valence-electron chi connectivity index (χ0n) is 12.0. The van der Waals surface area contributed by atoms with Gasteiger partial charge in [-0.3, -0.25) is 0 Å². The molecule has 0 aliphatic carbocycles. The summed E-state index contributed by atoms with van der Waals surface area (Å²) in [7, 11) is 6.38. The van der Waals surface area contributed by atoms with Crippen LogP contribution in [0.3, 0.4) is 0 Å². The van der Waals surface area contributed by atoms with E-state index in [1.807, 2.05) is 6.07 Å². The second-order valence-corrected chi connectivity index (χ2v) is 5.37. The smallest absolute Gasteiger partial charge is 0.0208 e. The first kappa shape index (κ1) is 15.2. The molecule has 0 spiro atoms. The van der Waals surface area contributed by atoms with E-state index in [1.54, 1.807) is 0 Å². The number of hydrogen-bond donors (Lipinski definition) is 1. The summed E-state index contributed by atoms with van der Waals surface area (Å²) in [5, 5.41) is 0. The van der Waals surface area contributed by atoms with Gasteiger partial charge in [-0.2, -0.15) is 0 Å². The van der Waals surface area contributed by atoms with Crippen molar-refractivity contribution in [2.75, 3.05) is 40.8 Å². The maximum absolute atomic E-state index is 6.19. The summed E-state index contributed by atoms with van der Waals surface area (Å²) in [4.78, 5) is 4.55. The fourth-order valence-corrected chi connectivity index (χ4v) is 2.13. The molecule has 1 rings (SSSR count). The number of likely N-dealkylation sites (N-methyl/N-ethyl adjacent to an activating group) is 1. The zero-order chi connectivity index (χ0) is 13.4. The van der Waals surface area contributed by atoms with Crippen LogP contribution in [-0.4, -0.2) is 56.6 Å². The van der Waals surface area contributed by atoms with E-state index >= 15 is 0 Å². The second-order valence-electron chi connectivity index (χ2n) is 5.37. The number of benzene rings is 1. The molecule has 0 fully saturated rings. The minimum Gasteiger partial charge on any atom is -0.326 e. The summed E-state index contributed by atoms with van der Waals surface area (Å²) < 4.78 is 0. The molecule has 0 bridgehead atoms. The van der Waals surface area contributed by atoms with Gasteiger partial charge in [-0.25, -0.2) is 0 Å². The molecule has 0 amide bonds. The number of nitrogens with zero attached hydrogens (tertiary/aromatic N) is 2. The highest BCUT2D eigenvalue weighted by Gasteiger charge is 2.07. The van der Waals surface area contributed by atoms with Gasteiger partial charge in [0.05, 0.1) is 0 Å². The molecule has 0 saturated carbocycles. The van der Waals surface area contributed by atoms with Gasteiger partial charge in [-0.15, -0.1) is 0 Å². The van der Waals surface area contributed by atoms with E-state index in [-0.39, 0.29) is 6.04 Å². The van der Waals surface area contributed by atoms with Crippen molar-refractivity contribution in [3.05, 3.63) is 35.9 Å². The molecule has 0 aliphatic rings. The van der Waals surface area contributed by atoms with Crippen LogP contribution in [0, 0.1) is 0 Å². The van der Waals surface area contributed by atoms with Crippen LogP contribution in [0.15, 0.2) is 30.3 Å². The van der Waals surface area contributed by atoms with Gasteiger partial charge in [0.1, 0.15) is 0 Å². The summed E-state index contributed by atoms with van der Waals surface area (Å²) >= 11 is 0. The average Bonchev–Trinajstić information content (AvgIpc) is 2.29. The van der Waals surface area contributed by atoms with Crippen LogP contribution >= 0.6 is 0 Å². The van der Waals surface area contributed by atoms with E-state index in [9.17, 15) is 0 Å². The predicted octanol–water partition coefficient (Wildman–Crippen LogP) is 1.44. The Morgan fingerprint density at radius 1 is 1.06 bits per heavy atom. The topological polar surface area (TPSA) is 32.5 Å². The van der Waals surface area contributed by atoms with Gasteiger partial charge in [0.25, 0.3) is 0 Å². The summed E-state index contributed by atoms with van der Waals surface area (Å²) in [6, 6.07) is 10.7. The molecule has 0 radical (unpaired) electrons. The van der Waals surface area contributed by atoms with Gasteiger partial charge < -0.3 is 15.5 Å². The molecule has 1 aromatic rings. The third-order valence-corrected chi connectivity index (χ3v) is 3.03. The van der Waals surface area contributed by atoms with Gasteiger partial charge in [-0.05, 0) is 52.6 Å². The summed E-state index contributed by atoms with van der Waals surface area (Å²) in [6.07, 6.45) is 2.15. The van der Waals surface area contributed by atoms with Crippen LogP contribution in [-0.2, 0) is 6.42 Å². The van der Waals surface area contributed by atoms with Gasteiger partial charge in [-0.1, -0.05) is 30.3 Å². The predicted molar refractivity (Wildman–Crippen MR) is 78.8 cm³/mol. The Hall–Kier alpha value is -0.900. The van der Waals surface area contributed by atoms with Crippen molar-refractivity contribution in [3.8, 4) is 0 Å². The number of hydrogen-bond acceptors (Lipinski definition) is 3. The van der Waals surface area contributed by atoms with E-state index < -0.39 is 0 Å². The maximum Gasteiger partial charge on any atom is 0.0208 e. The molecule has 102 valence electrons. The van der Waals surface area contributed by atoms with Crippen molar-refractivity contribution < 1.29 is 0 Å². The lowest BCUT2D eigenvalue weighted by Gasteiger charge is -2.22. The van der Waals surface area contributed by atoms with Crippen LogP contribution in [0.5, 0.6) is 0 Å². The summed E-state index contributed by atoms with van der Waals surface area (Å²) in [5.74, 6) is 0. The quantitative estimate of drug-likeness (QED) is 0.757. The normalized spacial score (nSPS) is 13.2. The van der Waals surface area contributed by atoms with Gasteiger partial charge in [0, 0.05) is 12.6 Å². The molecule has 1 atom stereocenters. The van der Waals surface area contributed by atoms with E-state index in [1.165, 1.54) is 12.0 Å². The Balaban J connectivity index is 2.21. The standard InChI is InChI=1S/C15H27N3/c1-17(2)10-7-11-18(3)13-15(16)12-14-8-5-4-6-9-14/h4-6,8-9,15H,7,10-13,16H2,1-3H3/t15-/m1/s1. The van der Waals surface area contributed by atoms with Crippen LogP contribution < -0.4 is 5.73 Å². The van der Waals surface area contributed by atoms with E-state index in [0.29, 0.717) is 0 Å². The zero-order valence-corrected chi connectivity index (χ0v) is 12.0. The third-order valence-electron chi connectivity index (χ3n) is 3.03. The Kier molecular flexibility index (Phi) is 6.94. The van der Waals surface area contributed by atoms with Crippen LogP contribution in [0.2, 0.25) is 0 Å². The Morgan fingerprint density at radius 3 is 2.33 bits per heavy atom. The third kappa shape index (κ3) is 6.74. The lowest BCUT2D eigenvalue weighted by molar-refractivity contribution is 0.284. The summed E-state index contributed by atoms with van der Waals surface area (Å²) in [6.45, 7) is 3.21. The molecular formula is C15H27N3. The fourth-order valence-electron chi connectivity index (χ4n) is 2.13. The first-order valence-corrected chi connectivity index (χ1v) is 6.70. The molecular weight excluding hydrogens is 222 g/mol. The molecule has 2 N–H and O–H groups in total.